The van der Waals surface area contributed by atoms with Gasteiger partial charge in [-0.2, -0.15) is 0 Å². The van der Waals surface area contributed by atoms with E-state index in [1.165, 1.54) is 4.90 Å². The van der Waals surface area contributed by atoms with Crippen LogP contribution >= 0.6 is 0 Å². The molecular formula is C23H21NO5. The molecule has 0 spiro atoms. The molecule has 1 aliphatic heterocycles. The fraction of sp³-hybridized carbons (Fsp3) is 0.304. The number of allylic oxidation sites excluding steroid dienone is 1. The van der Waals surface area contributed by atoms with Crippen LogP contribution < -0.4 is 0 Å². The van der Waals surface area contributed by atoms with Crippen LogP contribution in [0.2, 0.25) is 0 Å². The fourth-order valence-corrected chi connectivity index (χ4v) is 4.94. The van der Waals surface area contributed by atoms with Crippen LogP contribution in [0.4, 0.5) is 9.59 Å². The molecule has 3 unspecified atom stereocenters. The highest BCUT2D eigenvalue weighted by atomic mass is 16.7. The summed E-state index contributed by atoms with van der Waals surface area (Å²) < 4.78 is 10.7. The topological polar surface area (TPSA) is 76.1 Å². The number of benzene rings is 2. The molecule has 0 radical (unpaired) electrons. The van der Waals surface area contributed by atoms with E-state index in [2.05, 4.69) is 24.3 Å². The van der Waals surface area contributed by atoms with Gasteiger partial charge in [-0.15, -0.1) is 0 Å². The lowest BCUT2D eigenvalue weighted by Gasteiger charge is -2.27. The van der Waals surface area contributed by atoms with Crippen molar-refractivity contribution in [1.29, 1.82) is 0 Å². The normalized spacial score (nSPS) is 24.1. The zero-order valence-electron chi connectivity index (χ0n) is 15.7. The third-order valence-electron chi connectivity index (χ3n) is 6.17. The number of hydrogen-bond donors (Lipinski definition) is 1. The van der Waals surface area contributed by atoms with E-state index in [-0.39, 0.29) is 24.5 Å². The van der Waals surface area contributed by atoms with Crippen LogP contribution in [0.3, 0.4) is 0 Å². The lowest BCUT2D eigenvalue weighted by atomic mass is 9.98. The van der Waals surface area contributed by atoms with Crippen LogP contribution in [0.25, 0.3) is 11.1 Å². The summed E-state index contributed by atoms with van der Waals surface area (Å²) in [5, 5.41) is 9.04. The lowest BCUT2D eigenvalue weighted by molar-refractivity contribution is -0.0195. The second kappa shape index (κ2) is 6.95. The molecule has 29 heavy (non-hydrogen) atoms. The van der Waals surface area contributed by atoms with Crippen LogP contribution in [0.5, 0.6) is 0 Å². The van der Waals surface area contributed by atoms with Gasteiger partial charge in [0.05, 0.1) is 6.04 Å². The monoisotopic (exact) mass is 391 g/mol. The van der Waals surface area contributed by atoms with Gasteiger partial charge < -0.3 is 14.6 Å². The van der Waals surface area contributed by atoms with Crippen molar-refractivity contribution in [1.82, 2.24) is 4.90 Å². The van der Waals surface area contributed by atoms with E-state index in [0.29, 0.717) is 6.42 Å². The Morgan fingerprint density at radius 2 is 1.69 bits per heavy atom. The molecule has 5 rings (SSSR count). The summed E-state index contributed by atoms with van der Waals surface area (Å²) in [5.41, 5.74) is 4.60. The number of ether oxygens (including phenoxy) is 2. The van der Waals surface area contributed by atoms with Crippen molar-refractivity contribution in [3.05, 3.63) is 71.8 Å². The number of carbonyl (C=O) groups excluding carboxylic acids is 1. The number of nitrogens with zero attached hydrogens (tertiary/aromatic N) is 1. The van der Waals surface area contributed by atoms with Gasteiger partial charge in [0, 0.05) is 12.3 Å². The molecule has 3 aliphatic rings. The number of amides is 1. The van der Waals surface area contributed by atoms with E-state index in [4.69, 9.17) is 14.6 Å². The minimum Gasteiger partial charge on any atom is -0.450 e. The predicted octanol–water partition coefficient (Wildman–Crippen LogP) is 4.61. The molecule has 2 aromatic carbocycles. The Balaban J connectivity index is 1.36. The first-order chi connectivity index (χ1) is 14.1. The van der Waals surface area contributed by atoms with Gasteiger partial charge in [0.15, 0.2) is 6.23 Å². The Morgan fingerprint density at radius 3 is 2.34 bits per heavy atom. The smallest absolute Gasteiger partial charge is 0.450 e. The van der Waals surface area contributed by atoms with Crippen molar-refractivity contribution in [2.75, 3.05) is 6.61 Å². The van der Waals surface area contributed by atoms with Gasteiger partial charge in [-0.1, -0.05) is 60.7 Å². The van der Waals surface area contributed by atoms with Crippen molar-refractivity contribution in [3.8, 4) is 11.1 Å². The molecule has 3 atom stereocenters. The average Bonchev–Trinajstić information content (AvgIpc) is 3.37. The second-order valence-corrected chi connectivity index (χ2v) is 7.70. The number of rotatable bonds is 3. The molecule has 1 amide bonds. The van der Waals surface area contributed by atoms with Crippen LogP contribution in [-0.2, 0) is 9.47 Å². The number of carbonyl (C=O) groups is 2. The van der Waals surface area contributed by atoms with Gasteiger partial charge in [-0.3, -0.25) is 4.90 Å². The van der Waals surface area contributed by atoms with Crippen molar-refractivity contribution in [2.24, 2.45) is 5.92 Å². The Hall–Kier alpha value is -3.28. The van der Waals surface area contributed by atoms with Crippen LogP contribution in [0.15, 0.2) is 60.7 Å². The highest BCUT2D eigenvalue weighted by Crippen LogP contribution is 2.45. The molecule has 1 heterocycles. The highest BCUT2D eigenvalue weighted by molar-refractivity contribution is 5.79. The molecule has 1 N–H and O–H groups in total. The summed E-state index contributed by atoms with van der Waals surface area (Å²) >= 11 is 0. The first kappa shape index (κ1) is 17.8. The van der Waals surface area contributed by atoms with Gasteiger partial charge in [-0.05, 0) is 34.6 Å². The molecule has 148 valence electrons. The summed E-state index contributed by atoms with van der Waals surface area (Å²) in [4.78, 5) is 25.5. The van der Waals surface area contributed by atoms with Gasteiger partial charge in [0.2, 0.25) is 0 Å². The maximum absolute atomic E-state index is 13.0. The Bertz CT molecular complexity index is 955. The minimum atomic E-state index is -1.38. The third kappa shape index (κ3) is 2.95. The standard InChI is InChI=1S/C23H21NO5/c25-22(24-20-11-5-6-14(20)12-21(24)29-23(26)27)28-13-19-17-9-3-1-7-15(17)16-8-2-4-10-18(16)19/h1-5,7-11,14,19-21H,6,12-13H2,(H,26,27). The van der Waals surface area contributed by atoms with Crippen molar-refractivity contribution >= 4 is 12.2 Å². The van der Waals surface area contributed by atoms with Gasteiger partial charge in [-0.25, -0.2) is 9.59 Å². The van der Waals surface area contributed by atoms with Gasteiger partial charge in [0.25, 0.3) is 0 Å². The largest absolute Gasteiger partial charge is 0.507 e. The SMILES string of the molecule is O=C(O)OC1CC2CC=CC2N1C(=O)OCC1c2ccccc2-c2ccccc21. The molecule has 0 aromatic heterocycles. The summed E-state index contributed by atoms with van der Waals surface area (Å²) in [6, 6.07) is 16.1. The predicted molar refractivity (Wildman–Crippen MR) is 105 cm³/mol. The molecule has 6 nitrogen and oxygen atoms in total. The van der Waals surface area contributed by atoms with E-state index >= 15 is 0 Å². The van der Waals surface area contributed by atoms with Crippen LogP contribution in [0, 0.1) is 5.92 Å². The quantitative estimate of drug-likeness (QED) is 0.611. The summed E-state index contributed by atoms with van der Waals surface area (Å²) in [5.74, 6) is 0.141. The fourth-order valence-electron chi connectivity index (χ4n) is 4.94. The highest BCUT2D eigenvalue weighted by Gasteiger charge is 2.47. The molecule has 1 fully saturated rings. The number of likely N-dealkylation sites (tertiary alicyclic amines) is 1. The maximum atomic E-state index is 13.0. The average molecular weight is 391 g/mol. The van der Waals surface area contributed by atoms with Crippen molar-refractivity contribution in [2.45, 2.75) is 31.0 Å². The van der Waals surface area contributed by atoms with Gasteiger partial charge >= 0.3 is 12.2 Å². The molecule has 2 aliphatic carbocycles. The first-order valence-corrected chi connectivity index (χ1v) is 9.83. The Morgan fingerprint density at radius 1 is 1.03 bits per heavy atom. The molecule has 1 saturated heterocycles. The summed E-state index contributed by atoms with van der Waals surface area (Å²) in [6.07, 6.45) is 2.56. The van der Waals surface area contributed by atoms with E-state index in [9.17, 15) is 9.59 Å². The van der Waals surface area contributed by atoms with E-state index in [1.807, 2.05) is 36.4 Å². The molecule has 2 aromatic rings. The Labute approximate surface area is 168 Å². The number of hydrogen-bond acceptors (Lipinski definition) is 4. The molecule has 0 saturated carbocycles. The summed E-state index contributed by atoms with van der Waals surface area (Å²) in [7, 11) is 0. The molecule has 0 bridgehead atoms. The first-order valence-electron chi connectivity index (χ1n) is 9.83. The van der Waals surface area contributed by atoms with E-state index < -0.39 is 18.5 Å². The molecule has 6 heteroatoms. The maximum Gasteiger partial charge on any atom is 0.507 e. The minimum absolute atomic E-state index is 0.0392. The number of fused-ring (bicyclic) bond motifs is 4. The zero-order chi connectivity index (χ0) is 20.0. The lowest BCUT2D eigenvalue weighted by Crippen LogP contribution is -2.43. The zero-order valence-corrected chi connectivity index (χ0v) is 15.7. The van der Waals surface area contributed by atoms with E-state index in [0.717, 1.165) is 28.7 Å². The van der Waals surface area contributed by atoms with Crippen LogP contribution in [-0.4, -0.2) is 41.1 Å². The van der Waals surface area contributed by atoms with Gasteiger partial charge in [0.1, 0.15) is 6.61 Å². The molecular weight excluding hydrogens is 370 g/mol. The van der Waals surface area contributed by atoms with E-state index in [1.54, 1.807) is 0 Å². The third-order valence-corrected chi connectivity index (χ3v) is 6.17. The van der Waals surface area contributed by atoms with Crippen molar-refractivity contribution < 1.29 is 24.2 Å². The Kier molecular flexibility index (Phi) is 4.27. The number of carboxylic acid groups (broad SMARTS) is 1. The van der Waals surface area contributed by atoms with Crippen LogP contribution in [0.1, 0.15) is 29.9 Å². The van der Waals surface area contributed by atoms with Crippen molar-refractivity contribution in [3.63, 3.8) is 0 Å². The second-order valence-electron chi connectivity index (χ2n) is 7.70. The summed E-state index contributed by atoms with van der Waals surface area (Å²) in [6.45, 7) is 0.199.